The molecule has 2 heterocycles. The Balaban J connectivity index is 2.29. The van der Waals surface area contributed by atoms with E-state index in [1.54, 1.807) is 6.92 Å². The maximum atomic E-state index is 12.6. The number of carbonyl (C=O) groups is 2. The molecule has 4 nitrogen and oxygen atoms in total. The number of likely N-dealkylation sites (tertiary alicyclic amines) is 1. The number of nitrogens with one attached hydrogen (secondary N) is 1. The van der Waals surface area contributed by atoms with Gasteiger partial charge >= 0.3 is 6.18 Å². The van der Waals surface area contributed by atoms with Crippen LogP contribution < -0.4 is 5.32 Å². The van der Waals surface area contributed by atoms with Gasteiger partial charge in [-0.05, 0) is 6.92 Å². The molecule has 2 saturated heterocycles. The van der Waals surface area contributed by atoms with Crippen molar-refractivity contribution in [3.05, 3.63) is 0 Å². The Morgan fingerprint density at radius 1 is 1.38 bits per heavy atom. The third-order valence-electron chi connectivity index (χ3n) is 3.15. The fraction of sp³-hybridized carbons (Fsp3) is 0.778. The van der Waals surface area contributed by atoms with Crippen LogP contribution in [0.2, 0.25) is 0 Å². The summed E-state index contributed by atoms with van der Waals surface area (Å²) in [5, 5.41) is 2.21. The Bertz CT molecular complexity index is 342. The number of hydrogen-bond donors (Lipinski definition) is 1. The molecule has 16 heavy (non-hydrogen) atoms. The van der Waals surface area contributed by atoms with Gasteiger partial charge in [0, 0.05) is 13.1 Å². The van der Waals surface area contributed by atoms with E-state index in [1.165, 1.54) is 0 Å². The number of carbonyl (C=O) groups excluding carboxylic acids is 2. The summed E-state index contributed by atoms with van der Waals surface area (Å²) < 4.78 is 37.8. The fourth-order valence-corrected chi connectivity index (χ4v) is 2.42. The Morgan fingerprint density at radius 3 is 2.50 bits per heavy atom. The normalized spacial score (nSPS) is 34.8. The van der Waals surface area contributed by atoms with Crippen molar-refractivity contribution in [3.8, 4) is 0 Å². The van der Waals surface area contributed by atoms with E-state index in [2.05, 4.69) is 5.32 Å². The number of imide groups is 1. The fourth-order valence-electron chi connectivity index (χ4n) is 2.42. The van der Waals surface area contributed by atoms with Crippen molar-refractivity contribution in [2.75, 3.05) is 13.1 Å². The predicted octanol–water partition coefficient (Wildman–Crippen LogP) is 0.142. The number of amides is 2. The smallest absolute Gasteiger partial charge is 0.305 e. The molecular formula is C9H11F3N2O2. The van der Waals surface area contributed by atoms with Crippen molar-refractivity contribution >= 4 is 11.8 Å². The number of fused-ring (bicyclic) bond motifs is 1. The topological polar surface area (TPSA) is 49.4 Å². The van der Waals surface area contributed by atoms with Gasteiger partial charge in [0.2, 0.25) is 11.8 Å². The van der Waals surface area contributed by atoms with E-state index in [0.717, 1.165) is 4.90 Å². The first-order valence-electron chi connectivity index (χ1n) is 5.03. The Labute approximate surface area is 89.8 Å². The molecule has 0 unspecified atom stereocenters. The standard InChI is InChI=1S/C9H11F3N2O2/c1-2-14-7(15)4-3-13-6(9(10,11)12)5(4)8(14)16/h4-6,13H,2-3H2,1H3/t4-,5-,6-/m1/s1. The zero-order valence-corrected chi connectivity index (χ0v) is 8.54. The summed E-state index contributed by atoms with van der Waals surface area (Å²) in [5.41, 5.74) is 0. The summed E-state index contributed by atoms with van der Waals surface area (Å²) in [4.78, 5) is 24.2. The summed E-state index contributed by atoms with van der Waals surface area (Å²) >= 11 is 0. The molecule has 0 aromatic rings. The molecule has 0 saturated carbocycles. The lowest BCUT2D eigenvalue weighted by Gasteiger charge is -2.20. The zero-order chi connectivity index (χ0) is 12.1. The molecule has 7 heteroatoms. The monoisotopic (exact) mass is 236 g/mol. The average molecular weight is 236 g/mol. The highest BCUT2D eigenvalue weighted by Gasteiger charge is 2.61. The largest absolute Gasteiger partial charge is 0.404 e. The summed E-state index contributed by atoms with van der Waals surface area (Å²) in [6, 6.07) is -1.88. The summed E-state index contributed by atoms with van der Waals surface area (Å²) in [5.74, 6) is -3.31. The SMILES string of the molecule is CCN1C(=O)[C@H]2[C@H](C(F)(F)F)NC[C@H]2C1=O. The van der Waals surface area contributed by atoms with E-state index in [9.17, 15) is 22.8 Å². The molecule has 0 radical (unpaired) electrons. The van der Waals surface area contributed by atoms with Gasteiger partial charge < -0.3 is 5.32 Å². The first-order chi connectivity index (χ1) is 7.38. The minimum atomic E-state index is -4.49. The molecule has 1 N–H and O–H groups in total. The molecular weight excluding hydrogens is 225 g/mol. The zero-order valence-electron chi connectivity index (χ0n) is 8.54. The highest BCUT2D eigenvalue weighted by molar-refractivity contribution is 6.06. The van der Waals surface area contributed by atoms with E-state index < -0.39 is 35.9 Å². The second-order valence-electron chi connectivity index (χ2n) is 3.98. The summed E-state index contributed by atoms with van der Waals surface area (Å²) in [6.45, 7) is 1.64. The Kier molecular flexibility index (Phi) is 2.45. The van der Waals surface area contributed by atoms with Gasteiger partial charge in [0.1, 0.15) is 6.04 Å². The second kappa shape index (κ2) is 3.44. The Hall–Kier alpha value is -1.11. The molecule has 0 aromatic heterocycles. The van der Waals surface area contributed by atoms with E-state index in [1.807, 2.05) is 0 Å². The van der Waals surface area contributed by atoms with Crippen LogP contribution in [0.25, 0.3) is 0 Å². The first kappa shape index (κ1) is 11.4. The van der Waals surface area contributed by atoms with Crippen molar-refractivity contribution in [3.63, 3.8) is 0 Å². The van der Waals surface area contributed by atoms with Gasteiger partial charge in [-0.1, -0.05) is 0 Å². The van der Waals surface area contributed by atoms with E-state index >= 15 is 0 Å². The maximum Gasteiger partial charge on any atom is 0.404 e. The molecule has 3 atom stereocenters. The minimum Gasteiger partial charge on any atom is -0.305 e. The van der Waals surface area contributed by atoms with Gasteiger partial charge in [-0.2, -0.15) is 13.2 Å². The molecule has 0 aliphatic carbocycles. The van der Waals surface area contributed by atoms with Crippen LogP contribution in [0.5, 0.6) is 0 Å². The van der Waals surface area contributed by atoms with Crippen molar-refractivity contribution in [2.45, 2.75) is 19.1 Å². The third-order valence-corrected chi connectivity index (χ3v) is 3.15. The van der Waals surface area contributed by atoms with E-state index in [-0.39, 0.29) is 13.1 Å². The van der Waals surface area contributed by atoms with Crippen molar-refractivity contribution < 1.29 is 22.8 Å². The average Bonchev–Trinajstić information content (AvgIpc) is 2.68. The van der Waals surface area contributed by atoms with E-state index in [4.69, 9.17) is 0 Å². The highest BCUT2D eigenvalue weighted by atomic mass is 19.4. The van der Waals surface area contributed by atoms with Gasteiger partial charge in [-0.25, -0.2) is 0 Å². The highest BCUT2D eigenvalue weighted by Crippen LogP contribution is 2.39. The molecule has 2 fully saturated rings. The first-order valence-corrected chi connectivity index (χ1v) is 5.03. The van der Waals surface area contributed by atoms with Gasteiger partial charge in [0.05, 0.1) is 11.8 Å². The van der Waals surface area contributed by atoms with Crippen LogP contribution in [0.15, 0.2) is 0 Å². The molecule has 2 rings (SSSR count). The summed E-state index contributed by atoms with van der Waals surface area (Å²) in [7, 11) is 0. The second-order valence-corrected chi connectivity index (χ2v) is 3.98. The number of alkyl halides is 3. The van der Waals surface area contributed by atoms with Crippen LogP contribution in [0, 0.1) is 11.8 Å². The van der Waals surface area contributed by atoms with Gasteiger partial charge in [-0.3, -0.25) is 14.5 Å². The van der Waals surface area contributed by atoms with Crippen LogP contribution in [-0.4, -0.2) is 42.0 Å². The van der Waals surface area contributed by atoms with Crippen molar-refractivity contribution in [1.29, 1.82) is 0 Å². The number of hydrogen-bond acceptors (Lipinski definition) is 3. The molecule has 2 aliphatic heterocycles. The van der Waals surface area contributed by atoms with Crippen LogP contribution in [0.1, 0.15) is 6.92 Å². The lowest BCUT2D eigenvalue weighted by Crippen LogP contribution is -2.46. The number of nitrogens with zero attached hydrogens (tertiary/aromatic N) is 1. The molecule has 0 spiro atoms. The maximum absolute atomic E-state index is 12.6. The number of rotatable bonds is 1. The lowest BCUT2D eigenvalue weighted by atomic mass is 9.93. The number of halogens is 3. The molecule has 0 bridgehead atoms. The molecule has 90 valence electrons. The van der Waals surface area contributed by atoms with Crippen LogP contribution in [0.4, 0.5) is 13.2 Å². The third kappa shape index (κ3) is 1.41. The van der Waals surface area contributed by atoms with Crippen LogP contribution in [0.3, 0.4) is 0 Å². The molecule has 0 aromatic carbocycles. The quantitative estimate of drug-likeness (QED) is 0.659. The van der Waals surface area contributed by atoms with Crippen molar-refractivity contribution in [2.24, 2.45) is 11.8 Å². The van der Waals surface area contributed by atoms with Crippen LogP contribution >= 0.6 is 0 Å². The van der Waals surface area contributed by atoms with Gasteiger partial charge in [0.15, 0.2) is 0 Å². The lowest BCUT2D eigenvalue weighted by molar-refractivity contribution is -0.168. The predicted molar refractivity (Wildman–Crippen MR) is 47.2 cm³/mol. The molecule has 2 aliphatic rings. The van der Waals surface area contributed by atoms with Gasteiger partial charge in [0.25, 0.3) is 0 Å². The minimum absolute atomic E-state index is 0.0735. The van der Waals surface area contributed by atoms with Crippen molar-refractivity contribution in [1.82, 2.24) is 10.2 Å². The Morgan fingerprint density at radius 2 is 2.00 bits per heavy atom. The van der Waals surface area contributed by atoms with E-state index in [0.29, 0.717) is 0 Å². The van der Waals surface area contributed by atoms with Gasteiger partial charge in [-0.15, -0.1) is 0 Å². The van der Waals surface area contributed by atoms with Crippen LogP contribution in [-0.2, 0) is 9.59 Å². The summed E-state index contributed by atoms with van der Waals surface area (Å²) in [6.07, 6.45) is -4.49. The molecule has 2 amide bonds.